The predicted molar refractivity (Wildman–Crippen MR) is 75.9 cm³/mol. The molecule has 2 aromatic heterocycles. The molecule has 3 nitrogen and oxygen atoms in total. The van der Waals surface area contributed by atoms with Crippen LogP contribution >= 0.6 is 11.3 Å². The predicted octanol–water partition coefficient (Wildman–Crippen LogP) is 3.61. The fourth-order valence-electron chi connectivity index (χ4n) is 1.90. The number of aromatic nitrogens is 2. The van der Waals surface area contributed by atoms with E-state index >= 15 is 0 Å². The second kappa shape index (κ2) is 4.74. The summed E-state index contributed by atoms with van der Waals surface area (Å²) in [6.45, 7) is 2.73. The SMILES string of the molecule is Cc1csc(CNc2nccc3ccccc23)n1. The molecule has 3 rings (SSSR count). The van der Waals surface area contributed by atoms with Crippen molar-refractivity contribution in [2.75, 3.05) is 5.32 Å². The summed E-state index contributed by atoms with van der Waals surface area (Å²) < 4.78 is 0. The maximum atomic E-state index is 4.43. The van der Waals surface area contributed by atoms with Crippen molar-refractivity contribution in [3.63, 3.8) is 0 Å². The highest BCUT2D eigenvalue weighted by Gasteiger charge is 2.03. The van der Waals surface area contributed by atoms with Crippen molar-refractivity contribution in [1.29, 1.82) is 0 Å². The molecular formula is C14H13N3S. The molecule has 1 aromatic carbocycles. The summed E-state index contributed by atoms with van der Waals surface area (Å²) in [6.07, 6.45) is 1.83. The topological polar surface area (TPSA) is 37.8 Å². The average molecular weight is 255 g/mol. The summed E-state index contributed by atoms with van der Waals surface area (Å²) in [5, 5.41) is 8.85. The summed E-state index contributed by atoms with van der Waals surface area (Å²) in [7, 11) is 0. The van der Waals surface area contributed by atoms with Crippen molar-refractivity contribution in [2.45, 2.75) is 13.5 Å². The van der Waals surface area contributed by atoms with Gasteiger partial charge in [0.05, 0.1) is 6.54 Å². The van der Waals surface area contributed by atoms with E-state index in [9.17, 15) is 0 Å². The van der Waals surface area contributed by atoms with Gasteiger partial charge in [-0.15, -0.1) is 11.3 Å². The highest BCUT2D eigenvalue weighted by Crippen LogP contribution is 2.21. The zero-order valence-corrected chi connectivity index (χ0v) is 10.9. The molecule has 0 aliphatic heterocycles. The van der Waals surface area contributed by atoms with E-state index in [1.165, 1.54) is 5.39 Å². The molecule has 0 aliphatic carbocycles. The fraction of sp³-hybridized carbons (Fsp3) is 0.143. The molecule has 4 heteroatoms. The van der Waals surface area contributed by atoms with Crippen LogP contribution < -0.4 is 5.32 Å². The Kier molecular flexibility index (Phi) is 2.94. The molecular weight excluding hydrogens is 242 g/mol. The molecule has 0 saturated carbocycles. The van der Waals surface area contributed by atoms with Crippen LogP contribution in [0.2, 0.25) is 0 Å². The zero-order chi connectivity index (χ0) is 12.4. The molecule has 0 amide bonds. The van der Waals surface area contributed by atoms with Crippen molar-refractivity contribution >= 4 is 27.9 Å². The Labute approximate surface area is 110 Å². The van der Waals surface area contributed by atoms with Gasteiger partial charge in [0.15, 0.2) is 0 Å². The van der Waals surface area contributed by atoms with Gasteiger partial charge in [-0.1, -0.05) is 24.3 Å². The number of nitrogens with one attached hydrogen (secondary N) is 1. The summed E-state index contributed by atoms with van der Waals surface area (Å²) in [4.78, 5) is 8.83. The van der Waals surface area contributed by atoms with Crippen LogP contribution in [0.4, 0.5) is 5.82 Å². The molecule has 90 valence electrons. The first-order valence-electron chi connectivity index (χ1n) is 5.81. The summed E-state index contributed by atoms with van der Waals surface area (Å²) >= 11 is 1.67. The van der Waals surface area contributed by atoms with Gasteiger partial charge in [-0.3, -0.25) is 0 Å². The lowest BCUT2D eigenvalue weighted by atomic mass is 10.1. The van der Waals surface area contributed by atoms with Gasteiger partial charge >= 0.3 is 0 Å². The number of thiazole rings is 1. The van der Waals surface area contributed by atoms with E-state index in [4.69, 9.17) is 0 Å². The van der Waals surface area contributed by atoms with Crippen LogP contribution in [0.25, 0.3) is 10.8 Å². The van der Waals surface area contributed by atoms with Gasteiger partial charge in [-0.05, 0) is 18.4 Å². The average Bonchev–Trinajstić information content (AvgIpc) is 2.82. The van der Waals surface area contributed by atoms with E-state index < -0.39 is 0 Å². The summed E-state index contributed by atoms with van der Waals surface area (Å²) in [5.74, 6) is 0.918. The molecule has 18 heavy (non-hydrogen) atoms. The van der Waals surface area contributed by atoms with Gasteiger partial charge in [0.25, 0.3) is 0 Å². The first kappa shape index (κ1) is 11.2. The van der Waals surface area contributed by atoms with Crippen molar-refractivity contribution in [3.8, 4) is 0 Å². The van der Waals surface area contributed by atoms with Crippen molar-refractivity contribution < 1.29 is 0 Å². The summed E-state index contributed by atoms with van der Waals surface area (Å²) in [5.41, 5.74) is 1.07. The molecule has 0 aliphatic rings. The van der Waals surface area contributed by atoms with Gasteiger partial charge in [-0.25, -0.2) is 9.97 Å². The standard InChI is InChI=1S/C14H13N3S/c1-10-9-18-13(17-10)8-16-14-12-5-3-2-4-11(12)6-7-15-14/h2-7,9H,8H2,1H3,(H,15,16). The van der Waals surface area contributed by atoms with Crippen LogP contribution in [0.3, 0.4) is 0 Å². The molecule has 0 saturated heterocycles. The molecule has 1 N–H and O–H groups in total. The Hall–Kier alpha value is -1.94. The molecule has 0 bridgehead atoms. The number of rotatable bonds is 3. The molecule has 0 radical (unpaired) electrons. The molecule has 0 unspecified atom stereocenters. The highest BCUT2D eigenvalue weighted by atomic mass is 32.1. The van der Waals surface area contributed by atoms with Gasteiger partial charge in [0, 0.05) is 22.7 Å². The van der Waals surface area contributed by atoms with Crippen LogP contribution in [-0.2, 0) is 6.54 Å². The Morgan fingerprint density at radius 2 is 2.11 bits per heavy atom. The minimum Gasteiger partial charge on any atom is -0.363 e. The van der Waals surface area contributed by atoms with Gasteiger partial charge in [0.2, 0.25) is 0 Å². The van der Waals surface area contributed by atoms with Gasteiger partial charge < -0.3 is 5.32 Å². The Morgan fingerprint density at radius 3 is 2.94 bits per heavy atom. The second-order valence-corrected chi connectivity index (χ2v) is 5.06. The van der Waals surface area contributed by atoms with Gasteiger partial charge in [0.1, 0.15) is 10.8 Å². The fourth-order valence-corrected chi connectivity index (χ4v) is 2.62. The van der Waals surface area contributed by atoms with Crippen LogP contribution in [0.15, 0.2) is 41.9 Å². The van der Waals surface area contributed by atoms with E-state index in [1.54, 1.807) is 11.3 Å². The van der Waals surface area contributed by atoms with E-state index in [1.807, 2.05) is 31.3 Å². The third-order valence-corrected chi connectivity index (χ3v) is 3.71. The number of hydrogen-bond donors (Lipinski definition) is 1. The van der Waals surface area contributed by atoms with Crippen molar-refractivity contribution in [3.05, 3.63) is 52.6 Å². The van der Waals surface area contributed by atoms with Crippen LogP contribution in [0, 0.1) is 6.92 Å². The summed E-state index contributed by atoms with van der Waals surface area (Å²) in [6, 6.07) is 10.3. The van der Waals surface area contributed by atoms with Crippen molar-refractivity contribution in [1.82, 2.24) is 9.97 Å². The van der Waals surface area contributed by atoms with Crippen LogP contribution in [0.5, 0.6) is 0 Å². The number of benzene rings is 1. The monoisotopic (exact) mass is 255 g/mol. The maximum Gasteiger partial charge on any atom is 0.134 e. The third-order valence-electron chi connectivity index (χ3n) is 2.75. The maximum absolute atomic E-state index is 4.43. The largest absolute Gasteiger partial charge is 0.363 e. The Balaban J connectivity index is 1.86. The molecule has 2 heterocycles. The first-order valence-corrected chi connectivity index (χ1v) is 6.69. The number of fused-ring (bicyclic) bond motifs is 1. The lowest BCUT2D eigenvalue weighted by molar-refractivity contribution is 1.06. The highest BCUT2D eigenvalue weighted by molar-refractivity contribution is 7.09. The van der Waals surface area contributed by atoms with E-state index in [-0.39, 0.29) is 0 Å². The van der Waals surface area contributed by atoms with E-state index in [2.05, 4.69) is 32.8 Å². The molecule has 0 spiro atoms. The van der Waals surface area contributed by atoms with Crippen LogP contribution in [-0.4, -0.2) is 9.97 Å². The van der Waals surface area contributed by atoms with Crippen molar-refractivity contribution in [2.24, 2.45) is 0 Å². The minimum absolute atomic E-state index is 0.722. The Bertz CT molecular complexity index is 670. The molecule has 0 fully saturated rings. The minimum atomic E-state index is 0.722. The number of nitrogens with zero attached hydrogens (tertiary/aromatic N) is 2. The first-order chi connectivity index (χ1) is 8.83. The normalized spacial score (nSPS) is 10.7. The molecule has 3 aromatic rings. The number of aryl methyl sites for hydroxylation is 1. The van der Waals surface area contributed by atoms with E-state index in [0.717, 1.165) is 28.5 Å². The lowest BCUT2D eigenvalue weighted by Crippen LogP contribution is -2.01. The Morgan fingerprint density at radius 1 is 1.22 bits per heavy atom. The molecule has 0 atom stereocenters. The lowest BCUT2D eigenvalue weighted by Gasteiger charge is -2.06. The smallest absolute Gasteiger partial charge is 0.134 e. The van der Waals surface area contributed by atoms with Crippen LogP contribution in [0.1, 0.15) is 10.7 Å². The third kappa shape index (κ3) is 2.19. The quantitative estimate of drug-likeness (QED) is 0.777. The van der Waals surface area contributed by atoms with E-state index in [0.29, 0.717) is 0 Å². The zero-order valence-electron chi connectivity index (χ0n) is 10.1. The van der Waals surface area contributed by atoms with Gasteiger partial charge in [-0.2, -0.15) is 0 Å². The number of anilines is 1. The second-order valence-electron chi connectivity index (χ2n) is 4.12. The number of pyridine rings is 1. The number of hydrogen-bond acceptors (Lipinski definition) is 4.